The Bertz CT molecular complexity index is 231. The molecule has 0 aliphatic rings. The summed E-state index contributed by atoms with van der Waals surface area (Å²) in [4.78, 5) is 13.6. The Hall–Kier alpha value is -0.590. The van der Waals surface area contributed by atoms with E-state index in [-0.39, 0.29) is 5.69 Å². The van der Waals surface area contributed by atoms with Crippen LogP contribution in [0.3, 0.4) is 0 Å². The van der Waals surface area contributed by atoms with Gasteiger partial charge in [-0.3, -0.25) is 0 Å². The summed E-state index contributed by atoms with van der Waals surface area (Å²) in [5.74, 6) is -1.07. The lowest BCUT2D eigenvalue weighted by Crippen LogP contribution is -1.95. The van der Waals surface area contributed by atoms with Crippen LogP contribution < -0.4 is 0 Å². The van der Waals surface area contributed by atoms with E-state index in [2.05, 4.69) is 9.40 Å². The molecule has 0 atom stereocenters. The van der Waals surface area contributed by atoms with Crippen molar-refractivity contribution in [2.75, 3.05) is 0 Å². The number of aromatic carboxylic acids is 1. The highest BCUT2D eigenvalue weighted by Gasteiger charge is 2.06. The first kappa shape index (κ1) is 6.53. The first-order valence-electron chi connectivity index (χ1n) is 2.04. The fourth-order valence-electron chi connectivity index (χ4n) is 0.350. The number of hydrogen-bond acceptors (Lipinski definition) is 3. The van der Waals surface area contributed by atoms with Crippen molar-refractivity contribution in [3.05, 3.63) is 15.9 Å². The normalized spacial score (nSPS) is 9.44. The molecule has 0 saturated heterocycles. The van der Waals surface area contributed by atoms with Crippen LogP contribution in [0.15, 0.2) is 10.7 Å². The summed E-state index contributed by atoms with van der Waals surface area (Å²) in [7, 11) is 0. The molecule has 4 nitrogen and oxygen atoms in total. The Morgan fingerprint density at radius 1 is 1.89 bits per heavy atom. The van der Waals surface area contributed by atoms with E-state index < -0.39 is 5.97 Å². The minimum atomic E-state index is -1.07. The molecular weight excluding hydrogens is 237 g/mol. The van der Waals surface area contributed by atoms with Crippen molar-refractivity contribution in [3.8, 4) is 0 Å². The van der Waals surface area contributed by atoms with Gasteiger partial charge < -0.3 is 9.52 Å². The van der Waals surface area contributed by atoms with Gasteiger partial charge in [0.25, 0.3) is 3.90 Å². The average Bonchev–Trinajstić information content (AvgIpc) is 2.14. The van der Waals surface area contributed by atoms with Gasteiger partial charge in [0, 0.05) is 22.6 Å². The molecule has 0 fully saturated rings. The third kappa shape index (κ3) is 1.41. The highest BCUT2D eigenvalue weighted by molar-refractivity contribution is 14.1. The van der Waals surface area contributed by atoms with Crippen LogP contribution in [0.2, 0.25) is 0 Å². The molecule has 0 saturated carbocycles. The summed E-state index contributed by atoms with van der Waals surface area (Å²) in [5.41, 5.74) is -0.0561. The van der Waals surface area contributed by atoms with Crippen molar-refractivity contribution in [1.29, 1.82) is 0 Å². The second-order valence-electron chi connectivity index (χ2n) is 1.29. The van der Waals surface area contributed by atoms with Crippen LogP contribution in [-0.2, 0) is 0 Å². The predicted molar refractivity (Wildman–Crippen MR) is 36.2 cm³/mol. The topological polar surface area (TPSA) is 63.3 Å². The molecular formula is C4H2INO3. The van der Waals surface area contributed by atoms with E-state index in [1.54, 1.807) is 22.6 Å². The third-order valence-corrected chi connectivity index (χ3v) is 1.19. The van der Waals surface area contributed by atoms with E-state index in [9.17, 15) is 4.79 Å². The minimum absolute atomic E-state index is 0.0561. The Balaban J connectivity index is 2.98. The molecule has 0 amide bonds. The second kappa shape index (κ2) is 2.34. The first-order valence-corrected chi connectivity index (χ1v) is 3.12. The summed E-state index contributed by atoms with van der Waals surface area (Å²) < 4.78 is 4.96. The quantitative estimate of drug-likeness (QED) is 0.741. The molecule has 0 aromatic carbocycles. The largest absolute Gasteiger partial charge is 0.476 e. The van der Waals surface area contributed by atoms with Crippen molar-refractivity contribution in [2.45, 2.75) is 0 Å². The number of oxazole rings is 1. The van der Waals surface area contributed by atoms with Crippen LogP contribution in [-0.4, -0.2) is 16.1 Å². The molecule has 0 radical (unpaired) electrons. The predicted octanol–water partition coefficient (Wildman–Crippen LogP) is 0.977. The molecule has 1 rings (SSSR count). The number of aromatic nitrogens is 1. The summed E-state index contributed by atoms with van der Waals surface area (Å²) in [5, 5.41) is 8.27. The Morgan fingerprint density at radius 3 is 2.78 bits per heavy atom. The number of hydrogen-bond donors (Lipinski definition) is 1. The van der Waals surface area contributed by atoms with Crippen molar-refractivity contribution in [2.24, 2.45) is 0 Å². The van der Waals surface area contributed by atoms with E-state index in [4.69, 9.17) is 5.11 Å². The molecule has 5 heteroatoms. The van der Waals surface area contributed by atoms with Crippen LogP contribution in [0.4, 0.5) is 0 Å². The van der Waals surface area contributed by atoms with Gasteiger partial charge in [0.1, 0.15) is 6.26 Å². The molecule has 0 bridgehead atoms. The second-order valence-corrected chi connectivity index (χ2v) is 2.21. The molecule has 0 spiro atoms. The third-order valence-electron chi connectivity index (χ3n) is 0.695. The molecule has 48 valence electrons. The molecule has 0 aliphatic heterocycles. The zero-order valence-electron chi connectivity index (χ0n) is 4.17. The smallest absolute Gasteiger partial charge is 0.357 e. The Labute approximate surface area is 64.0 Å². The number of carboxylic acid groups (broad SMARTS) is 1. The monoisotopic (exact) mass is 239 g/mol. The highest BCUT2D eigenvalue weighted by atomic mass is 127. The number of rotatable bonds is 1. The number of nitrogens with zero attached hydrogens (tertiary/aromatic N) is 1. The summed E-state index contributed by atoms with van der Waals surface area (Å²) >= 11 is 1.79. The van der Waals surface area contributed by atoms with Gasteiger partial charge in [0.2, 0.25) is 0 Å². The average molecular weight is 239 g/mol. The summed E-state index contributed by atoms with van der Waals surface area (Å²) in [6.45, 7) is 0. The van der Waals surface area contributed by atoms with Crippen molar-refractivity contribution in [3.63, 3.8) is 0 Å². The number of halogens is 1. The molecule has 1 N–H and O–H groups in total. The molecule has 0 aliphatic carbocycles. The van der Waals surface area contributed by atoms with E-state index >= 15 is 0 Å². The van der Waals surface area contributed by atoms with Gasteiger partial charge >= 0.3 is 5.97 Å². The lowest BCUT2D eigenvalue weighted by atomic mass is 10.5. The minimum Gasteiger partial charge on any atom is -0.476 e. The van der Waals surface area contributed by atoms with Crippen molar-refractivity contribution < 1.29 is 14.3 Å². The van der Waals surface area contributed by atoms with Gasteiger partial charge in [-0.2, -0.15) is 4.98 Å². The van der Waals surface area contributed by atoms with Crippen LogP contribution >= 0.6 is 22.6 Å². The SMILES string of the molecule is O=C(O)c1coc(I)n1. The molecule has 1 aromatic rings. The van der Waals surface area contributed by atoms with Gasteiger partial charge in [-0.05, 0) is 0 Å². The van der Waals surface area contributed by atoms with Crippen LogP contribution in [0.25, 0.3) is 0 Å². The standard InChI is InChI=1S/C4H2INO3/c5-4-6-2(1-9-4)3(7)8/h1H,(H,7,8). The van der Waals surface area contributed by atoms with E-state index in [0.717, 1.165) is 6.26 Å². The van der Waals surface area contributed by atoms with Gasteiger partial charge in [-0.15, -0.1) is 0 Å². The number of carboxylic acids is 1. The zero-order chi connectivity index (χ0) is 6.85. The first-order chi connectivity index (χ1) is 4.20. The maximum absolute atomic E-state index is 10.1. The van der Waals surface area contributed by atoms with Gasteiger partial charge in [-0.25, -0.2) is 4.79 Å². The van der Waals surface area contributed by atoms with Crippen LogP contribution in [0.5, 0.6) is 0 Å². The van der Waals surface area contributed by atoms with Crippen LogP contribution in [0, 0.1) is 3.90 Å². The van der Waals surface area contributed by atoms with Gasteiger partial charge in [0.05, 0.1) is 0 Å². The van der Waals surface area contributed by atoms with Crippen molar-refractivity contribution in [1.82, 2.24) is 4.98 Å². The molecule has 1 aromatic heterocycles. The maximum atomic E-state index is 10.1. The van der Waals surface area contributed by atoms with E-state index in [1.807, 2.05) is 0 Å². The number of carbonyl (C=O) groups is 1. The van der Waals surface area contributed by atoms with Crippen LogP contribution in [0.1, 0.15) is 10.5 Å². The zero-order valence-corrected chi connectivity index (χ0v) is 6.32. The Morgan fingerprint density at radius 2 is 2.56 bits per heavy atom. The Kier molecular flexibility index (Phi) is 1.70. The highest BCUT2D eigenvalue weighted by Crippen LogP contribution is 2.03. The molecule has 0 unspecified atom stereocenters. The fraction of sp³-hybridized carbons (Fsp3) is 0. The summed E-state index contributed by atoms with van der Waals surface area (Å²) in [6.07, 6.45) is 1.10. The van der Waals surface area contributed by atoms with Gasteiger partial charge in [0.15, 0.2) is 5.69 Å². The fourth-order valence-corrected chi connectivity index (χ4v) is 0.737. The molecule has 9 heavy (non-hydrogen) atoms. The summed E-state index contributed by atoms with van der Waals surface area (Å²) in [6, 6.07) is 0. The van der Waals surface area contributed by atoms with E-state index in [0.29, 0.717) is 3.90 Å². The van der Waals surface area contributed by atoms with Crippen molar-refractivity contribution >= 4 is 28.6 Å². The lowest BCUT2D eigenvalue weighted by molar-refractivity contribution is 0.0690. The van der Waals surface area contributed by atoms with E-state index in [1.165, 1.54) is 0 Å². The lowest BCUT2D eigenvalue weighted by Gasteiger charge is -1.76. The maximum Gasteiger partial charge on any atom is 0.357 e. The molecule has 1 heterocycles. The van der Waals surface area contributed by atoms with Gasteiger partial charge in [-0.1, -0.05) is 0 Å².